The van der Waals surface area contributed by atoms with Gasteiger partial charge in [-0.1, -0.05) is 0 Å². The van der Waals surface area contributed by atoms with Crippen LogP contribution in [0.15, 0.2) is 24.4 Å². The lowest BCUT2D eigenvalue weighted by Crippen LogP contribution is -2.31. The number of hydrogen-bond acceptors (Lipinski definition) is 5. The summed E-state index contributed by atoms with van der Waals surface area (Å²) >= 11 is 0. The summed E-state index contributed by atoms with van der Waals surface area (Å²) in [6.45, 7) is 1.86. The first-order valence-electron chi connectivity index (χ1n) is 9.47. The highest BCUT2D eigenvalue weighted by Gasteiger charge is 2.33. The highest BCUT2D eigenvalue weighted by molar-refractivity contribution is 5.99. The molecule has 2 N–H and O–H groups in total. The van der Waals surface area contributed by atoms with Crippen LogP contribution in [0.25, 0.3) is 10.9 Å². The fourth-order valence-electron chi connectivity index (χ4n) is 3.62. The zero-order chi connectivity index (χ0) is 23.4. The monoisotopic (exact) mass is 452 g/mol. The smallest absolute Gasteiger partial charge is 0.383 e. The number of anilines is 1. The SMILES string of the molecule is C[C@H](c1ncc(C(F)(F)F)cc1F)N(C)C(=O)c1cc2c3c(c(N)nc2cc1F)COC3. The Morgan fingerprint density at radius 3 is 2.50 bits per heavy atom. The highest BCUT2D eigenvalue weighted by Crippen LogP contribution is 2.34. The zero-order valence-corrected chi connectivity index (χ0v) is 16.9. The van der Waals surface area contributed by atoms with Gasteiger partial charge in [-0.05, 0) is 24.6 Å². The predicted molar refractivity (Wildman–Crippen MR) is 104 cm³/mol. The van der Waals surface area contributed by atoms with Crippen LogP contribution in [0.2, 0.25) is 0 Å². The molecule has 0 fully saturated rings. The molecule has 3 heterocycles. The van der Waals surface area contributed by atoms with E-state index in [0.29, 0.717) is 28.8 Å². The predicted octanol–water partition coefficient (Wildman–Crippen LogP) is 4.37. The van der Waals surface area contributed by atoms with Crippen molar-refractivity contribution in [2.45, 2.75) is 32.4 Å². The standard InChI is InChI=1S/C21H17F5N4O2/c1-9(18-16(23)3-10(6-28-18)21(24,25)26)30(2)20(31)12-4-11-13-7-32-8-14(13)19(27)29-17(11)5-15(12)22/h3-6,9H,7-8H2,1-2H3,(H2,27,29)/t9-/m1/s1. The van der Waals surface area contributed by atoms with Crippen LogP contribution in [-0.4, -0.2) is 27.8 Å². The molecule has 0 aliphatic carbocycles. The van der Waals surface area contributed by atoms with Gasteiger partial charge < -0.3 is 15.4 Å². The molecule has 0 saturated heterocycles. The molecule has 3 aromatic rings. The van der Waals surface area contributed by atoms with Crippen molar-refractivity contribution in [2.24, 2.45) is 0 Å². The first-order chi connectivity index (χ1) is 15.0. The van der Waals surface area contributed by atoms with E-state index in [2.05, 4.69) is 9.97 Å². The molecule has 0 saturated carbocycles. The van der Waals surface area contributed by atoms with Gasteiger partial charge in [-0.25, -0.2) is 13.8 Å². The number of carbonyl (C=O) groups is 1. The van der Waals surface area contributed by atoms with E-state index in [1.165, 1.54) is 20.0 Å². The number of carbonyl (C=O) groups excluding carboxylic acids is 1. The number of pyridine rings is 2. The van der Waals surface area contributed by atoms with Crippen LogP contribution in [0.5, 0.6) is 0 Å². The van der Waals surface area contributed by atoms with Gasteiger partial charge in [-0.15, -0.1) is 0 Å². The molecule has 168 valence electrons. The summed E-state index contributed by atoms with van der Waals surface area (Å²) in [5.74, 6) is -2.67. The van der Waals surface area contributed by atoms with E-state index in [9.17, 15) is 26.7 Å². The average molecular weight is 452 g/mol. The number of hydrogen-bond donors (Lipinski definition) is 1. The second-order valence-electron chi connectivity index (χ2n) is 7.48. The van der Waals surface area contributed by atoms with Gasteiger partial charge in [0.05, 0.1) is 41.6 Å². The van der Waals surface area contributed by atoms with Crippen molar-refractivity contribution in [3.05, 3.63) is 64.0 Å². The summed E-state index contributed by atoms with van der Waals surface area (Å²) in [6.07, 6.45) is -4.27. The molecule has 0 radical (unpaired) electrons. The van der Waals surface area contributed by atoms with E-state index >= 15 is 0 Å². The molecule has 0 bridgehead atoms. The maximum absolute atomic E-state index is 14.8. The van der Waals surface area contributed by atoms with Crippen molar-refractivity contribution < 1.29 is 31.5 Å². The summed E-state index contributed by atoms with van der Waals surface area (Å²) in [7, 11) is 1.28. The third kappa shape index (κ3) is 3.62. The fourth-order valence-corrected chi connectivity index (χ4v) is 3.62. The van der Waals surface area contributed by atoms with Crippen LogP contribution in [0.4, 0.5) is 27.8 Å². The molecule has 1 amide bonds. The number of ether oxygens (including phenoxy) is 1. The minimum Gasteiger partial charge on any atom is -0.383 e. The number of rotatable bonds is 3. The topological polar surface area (TPSA) is 81.3 Å². The third-order valence-corrected chi connectivity index (χ3v) is 5.54. The van der Waals surface area contributed by atoms with Crippen LogP contribution >= 0.6 is 0 Å². The van der Waals surface area contributed by atoms with E-state index < -0.39 is 35.3 Å². The van der Waals surface area contributed by atoms with Gasteiger partial charge in [0.25, 0.3) is 5.91 Å². The van der Waals surface area contributed by atoms with Crippen molar-refractivity contribution in [1.29, 1.82) is 0 Å². The van der Waals surface area contributed by atoms with Crippen LogP contribution < -0.4 is 5.73 Å². The second kappa shape index (κ2) is 7.66. The first-order valence-corrected chi connectivity index (χ1v) is 9.47. The van der Waals surface area contributed by atoms with Crippen molar-refractivity contribution in [3.63, 3.8) is 0 Å². The number of amides is 1. The normalized spacial score (nSPS) is 14.5. The second-order valence-corrected chi connectivity index (χ2v) is 7.48. The van der Waals surface area contributed by atoms with E-state index in [1.807, 2.05) is 0 Å². The molecule has 32 heavy (non-hydrogen) atoms. The van der Waals surface area contributed by atoms with Crippen molar-refractivity contribution >= 4 is 22.6 Å². The van der Waals surface area contributed by atoms with Crippen molar-refractivity contribution in [1.82, 2.24) is 14.9 Å². The summed E-state index contributed by atoms with van der Waals surface area (Å²) in [5.41, 5.74) is 5.58. The summed E-state index contributed by atoms with van der Waals surface area (Å²) < 4.78 is 72.8. The van der Waals surface area contributed by atoms with Crippen molar-refractivity contribution in [2.75, 3.05) is 12.8 Å². The molecule has 0 spiro atoms. The quantitative estimate of drug-likeness (QED) is 0.597. The van der Waals surface area contributed by atoms with E-state index in [4.69, 9.17) is 10.5 Å². The molecule has 1 aromatic carbocycles. The molecular weight excluding hydrogens is 435 g/mol. The Bertz CT molecular complexity index is 1250. The summed E-state index contributed by atoms with van der Waals surface area (Å²) in [4.78, 5) is 21.7. The number of fused-ring (bicyclic) bond motifs is 3. The van der Waals surface area contributed by atoms with E-state index in [1.54, 1.807) is 0 Å². The molecule has 11 heteroatoms. The van der Waals surface area contributed by atoms with Gasteiger partial charge in [0.2, 0.25) is 0 Å². The summed E-state index contributed by atoms with van der Waals surface area (Å²) in [6, 6.07) is 1.64. The van der Waals surface area contributed by atoms with Gasteiger partial charge in [-0.3, -0.25) is 9.78 Å². The molecule has 6 nitrogen and oxygen atoms in total. The Balaban J connectivity index is 1.70. The molecule has 0 unspecified atom stereocenters. The summed E-state index contributed by atoms with van der Waals surface area (Å²) in [5, 5.41) is 0.497. The fraction of sp³-hybridized carbons (Fsp3) is 0.286. The van der Waals surface area contributed by atoms with Gasteiger partial charge in [-0.2, -0.15) is 13.2 Å². The molecule has 1 atom stereocenters. The number of aromatic nitrogens is 2. The minimum atomic E-state index is -4.76. The Morgan fingerprint density at radius 1 is 1.16 bits per heavy atom. The molecular formula is C21H17F5N4O2. The van der Waals surface area contributed by atoms with Crippen LogP contribution in [0.3, 0.4) is 0 Å². The lowest BCUT2D eigenvalue weighted by molar-refractivity contribution is -0.138. The van der Waals surface area contributed by atoms with E-state index in [-0.39, 0.29) is 35.8 Å². The number of nitrogens with zero attached hydrogens (tertiary/aromatic N) is 3. The van der Waals surface area contributed by atoms with Gasteiger partial charge in [0.1, 0.15) is 17.5 Å². The number of nitrogens with two attached hydrogens (primary N) is 1. The van der Waals surface area contributed by atoms with Gasteiger partial charge >= 0.3 is 6.18 Å². The lowest BCUT2D eigenvalue weighted by Gasteiger charge is -2.25. The molecule has 4 rings (SSSR count). The maximum Gasteiger partial charge on any atom is 0.417 e. The highest BCUT2D eigenvalue weighted by atomic mass is 19.4. The Morgan fingerprint density at radius 2 is 1.84 bits per heavy atom. The Hall–Kier alpha value is -3.34. The Kier molecular flexibility index (Phi) is 5.24. The van der Waals surface area contributed by atoms with E-state index in [0.717, 1.165) is 11.0 Å². The first kappa shape index (κ1) is 21.9. The maximum atomic E-state index is 14.8. The molecule has 2 aromatic heterocycles. The lowest BCUT2D eigenvalue weighted by atomic mass is 10.0. The number of benzene rings is 1. The zero-order valence-electron chi connectivity index (χ0n) is 16.9. The van der Waals surface area contributed by atoms with Crippen molar-refractivity contribution in [3.8, 4) is 0 Å². The number of halogens is 5. The van der Waals surface area contributed by atoms with Crippen LogP contribution in [-0.2, 0) is 24.1 Å². The Labute approximate surface area is 178 Å². The third-order valence-electron chi connectivity index (χ3n) is 5.54. The minimum absolute atomic E-state index is 0.220. The van der Waals surface area contributed by atoms with Crippen LogP contribution in [0.1, 0.15) is 45.7 Å². The molecule has 1 aliphatic heterocycles. The molecule has 1 aliphatic rings. The van der Waals surface area contributed by atoms with Crippen LogP contribution in [0, 0.1) is 11.6 Å². The van der Waals surface area contributed by atoms with Gasteiger partial charge in [0, 0.05) is 30.3 Å². The average Bonchev–Trinajstić information content (AvgIpc) is 3.22. The van der Waals surface area contributed by atoms with Gasteiger partial charge in [0.15, 0.2) is 0 Å². The number of alkyl halides is 3. The number of nitrogen functional groups attached to an aromatic ring is 1. The largest absolute Gasteiger partial charge is 0.417 e.